The summed E-state index contributed by atoms with van der Waals surface area (Å²) in [7, 11) is 0. The summed E-state index contributed by atoms with van der Waals surface area (Å²) in [6.07, 6.45) is 0.00863. The second-order valence-electron chi connectivity index (χ2n) is 6.48. The largest absolute Gasteiger partial charge is 0.386 e. The van der Waals surface area contributed by atoms with Crippen LogP contribution in [0.1, 0.15) is 6.23 Å². The van der Waals surface area contributed by atoms with Gasteiger partial charge in [0.2, 0.25) is 0 Å². The van der Waals surface area contributed by atoms with Crippen LogP contribution in [0, 0.1) is 0 Å². The highest BCUT2D eigenvalue weighted by atomic mass is 32.5. The quantitative estimate of drug-likeness (QED) is 0.535. The molecule has 10 nitrogen and oxygen atoms in total. The Morgan fingerprint density at radius 3 is 2.89 bits per heavy atom. The van der Waals surface area contributed by atoms with Crippen LogP contribution in [0.15, 0.2) is 43.0 Å². The minimum Gasteiger partial charge on any atom is -0.386 e. The predicted molar refractivity (Wildman–Crippen MR) is 105 cm³/mol. The van der Waals surface area contributed by atoms with E-state index in [4.69, 9.17) is 31.3 Å². The van der Waals surface area contributed by atoms with E-state index in [9.17, 15) is 5.11 Å². The van der Waals surface area contributed by atoms with Crippen LogP contribution in [0.2, 0.25) is 0 Å². The minimum atomic E-state index is -2.83. The molecule has 2 saturated heterocycles. The lowest BCUT2D eigenvalue weighted by molar-refractivity contribution is -0.0539. The maximum absolute atomic E-state index is 10.9. The van der Waals surface area contributed by atoms with E-state index in [1.165, 1.54) is 12.7 Å². The van der Waals surface area contributed by atoms with Crippen molar-refractivity contribution in [3.63, 3.8) is 0 Å². The van der Waals surface area contributed by atoms with Gasteiger partial charge >= 0.3 is 0 Å². The Morgan fingerprint density at radius 1 is 1.25 bits per heavy atom. The Kier molecular flexibility index (Phi) is 4.31. The smallest absolute Gasteiger partial charge is 0.288 e. The predicted octanol–water partition coefficient (Wildman–Crippen LogP) is 1.42. The molecule has 2 aliphatic rings. The Hall–Kier alpha value is -2.14. The number of benzene rings is 1. The molecule has 1 unspecified atom stereocenters. The molecule has 0 aliphatic carbocycles. The van der Waals surface area contributed by atoms with Crippen molar-refractivity contribution in [3.8, 4) is 0 Å². The molecular weight excluding hydrogens is 403 g/mol. The van der Waals surface area contributed by atoms with E-state index in [1.807, 2.05) is 30.3 Å². The van der Waals surface area contributed by atoms with Gasteiger partial charge in [0, 0.05) is 5.69 Å². The number of imidazole rings is 1. The van der Waals surface area contributed by atoms with Crippen molar-refractivity contribution in [2.24, 2.45) is 0 Å². The second kappa shape index (κ2) is 6.73. The summed E-state index contributed by atoms with van der Waals surface area (Å²) >= 11 is 5.58. The normalized spacial score (nSPS) is 32.3. The molecule has 2 fully saturated rings. The number of hydrogen-bond acceptors (Lipinski definition) is 9. The molecule has 0 radical (unpaired) electrons. The summed E-state index contributed by atoms with van der Waals surface area (Å²) in [6, 6.07) is 9.43. The van der Waals surface area contributed by atoms with Crippen LogP contribution in [0.4, 0.5) is 11.5 Å². The summed E-state index contributed by atoms with van der Waals surface area (Å²) in [4.78, 5) is 12.3. The molecule has 28 heavy (non-hydrogen) atoms. The van der Waals surface area contributed by atoms with E-state index in [0.717, 1.165) is 5.69 Å². The Bertz CT molecular complexity index is 1070. The number of aliphatic hydroxyl groups excluding tert-OH is 1. The van der Waals surface area contributed by atoms with E-state index >= 15 is 0 Å². The molecular formula is C16H17N6O4PS. The average molecular weight is 420 g/mol. The average Bonchev–Trinajstić information content (AvgIpc) is 3.25. The van der Waals surface area contributed by atoms with Gasteiger partial charge in [-0.15, -0.1) is 0 Å². The van der Waals surface area contributed by atoms with Gasteiger partial charge in [-0.25, -0.2) is 15.0 Å². The fraction of sp³-hybridized carbons (Fsp3) is 0.312. The number of aromatic nitrogens is 4. The third-order valence-corrected chi connectivity index (χ3v) is 7.07. The van der Waals surface area contributed by atoms with Gasteiger partial charge in [0.1, 0.15) is 30.2 Å². The monoisotopic (exact) mass is 420 g/mol. The lowest BCUT2D eigenvalue weighted by Crippen LogP contribution is -2.40. The molecule has 0 spiro atoms. The number of nitrogens with two attached hydrogens (primary N) is 1. The number of hydrogen-bond donors (Lipinski definition) is 3. The summed E-state index contributed by atoms with van der Waals surface area (Å²) in [5.74, 6) is 0.260. The maximum Gasteiger partial charge on any atom is 0.288 e. The molecule has 1 aromatic carbocycles. The van der Waals surface area contributed by atoms with Gasteiger partial charge in [0.25, 0.3) is 6.64 Å². The highest BCUT2D eigenvalue weighted by Gasteiger charge is 2.51. The van der Waals surface area contributed by atoms with Gasteiger partial charge in [-0.2, -0.15) is 0 Å². The van der Waals surface area contributed by atoms with Crippen LogP contribution < -0.4 is 10.8 Å². The standard InChI is InChI=1S/C16H17N6O4PS/c17-14-11-15(19-7-18-14)22(8-20-11)16-12(23)13-10(25-16)6-24-27(28,26-13)21-9-4-2-1-3-5-9/h1-5,7-8,10,12-13,16,23H,6H2,(H,21,28)(H2,17,18,19)/t10-,12-,13-,16-,27?/m1/s1. The summed E-state index contributed by atoms with van der Waals surface area (Å²) in [6.45, 7) is -2.62. The van der Waals surface area contributed by atoms with Crippen LogP contribution in [0.25, 0.3) is 11.2 Å². The second-order valence-corrected chi connectivity index (χ2v) is 9.61. The summed E-state index contributed by atoms with van der Waals surface area (Å²) in [5.41, 5.74) is 7.55. The van der Waals surface area contributed by atoms with E-state index < -0.39 is 31.2 Å². The summed E-state index contributed by atoms with van der Waals surface area (Å²) < 4.78 is 19.4. The number of para-hydroxylation sites is 1. The molecule has 4 N–H and O–H groups in total. The number of nitrogens with one attached hydrogen (secondary N) is 1. The van der Waals surface area contributed by atoms with Gasteiger partial charge < -0.3 is 29.7 Å². The van der Waals surface area contributed by atoms with Gasteiger partial charge in [-0.05, 0) is 23.9 Å². The number of rotatable bonds is 3. The van der Waals surface area contributed by atoms with Crippen molar-refractivity contribution in [1.82, 2.24) is 19.5 Å². The molecule has 12 heteroatoms. The number of aliphatic hydroxyl groups is 1. The van der Waals surface area contributed by atoms with Crippen LogP contribution in [0.5, 0.6) is 0 Å². The topological polar surface area (TPSA) is 130 Å². The molecule has 146 valence electrons. The zero-order valence-corrected chi connectivity index (χ0v) is 16.2. The molecule has 4 heterocycles. The van der Waals surface area contributed by atoms with Gasteiger partial charge in [-0.3, -0.25) is 4.57 Å². The van der Waals surface area contributed by atoms with E-state index in [2.05, 4.69) is 20.0 Å². The zero-order valence-electron chi connectivity index (χ0n) is 14.5. The fourth-order valence-electron chi connectivity index (χ4n) is 3.36. The molecule has 0 saturated carbocycles. The van der Waals surface area contributed by atoms with Crippen molar-refractivity contribution in [2.45, 2.75) is 24.5 Å². The Labute approximate surface area is 164 Å². The van der Waals surface area contributed by atoms with Crippen molar-refractivity contribution < 1.29 is 18.9 Å². The van der Waals surface area contributed by atoms with Crippen LogP contribution in [0.3, 0.4) is 0 Å². The molecule has 3 aromatic rings. The number of nitrogen functional groups attached to an aromatic ring is 1. The van der Waals surface area contributed by atoms with Gasteiger partial charge in [-0.1, -0.05) is 18.2 Å². The van der Waals surface area contributed by atoms with Crippen molar-refractivity contribution in [3.05, 3.63) is 43.0 Å². The number of ether oxygens (including phenoxy) is 1. The van der Waals surface area contributed by atoms with Crippen LogP contribution in [-0.2, 0) is 25.6 Å². The zero-order chi connectivity index (χ0) is 19.3. The Morgan fingerprint density at radius 2 is 2.07 bits per heavy atom. The van der Waals surface area contributed by atoms with Crippen molar-refractivity contribution in [2.75, 3.05) is 17.4 Å². The lowest BCUT2D eigenvalue weighted by atomic mass is 10.1. The molecule has 2 aliphatic heterocycles. The van der Waals surface area contributed by atoms with E-state index in [1.54, 1.807) is 4.57 Å². The SMILES string of the molecule is Nc1ncnc2c1ncn2[C@@H]1O[C@@H]2COP(=S)(Nc3ccccc3)O[C@H]2[C@H]1O. The Balaban J connectivity index is 1.40. The molecule has 2 aromatic heterocycles. The maximum atomic E-state index is 10.9. The number of fused-ring (bicyclic) bond motifs is 2. The third-order valence-electron chi connectivity index (χ3n) is 4.68. The first kappa shape index (κ1) is 17.9. The molecule has 5 atom stereocenters. The first-order valence-electron chi connectivity index (χ1n) is 8.57. The first-order chi connectivity index (χ1) is 13.5. The van der Waals surface area contributed by atoms with E-state index in [0.29, 0.717) is 11.2 Å². The van der Waals surface area contributed by atoms with Crippen molar-refractivity contribution >= 4 is 41.1 Å². The lowest BCUT2D eigenvalue weighted by Gasteiger charge is -2.34. The van der Waals surface area contributed by atoms with Gasteiger partial charge in [0.15, 0.2) is 17.7 Å². The first-order valence-corrected chi connectivity index (χ1v) is 11.2. The number of nitrogens with zero attached hydrogens (tertiary/aromatic N) is 4. The highest BCUT2D eigenvalue weighted by molar-refractivity contribution is 8.10. The van der Waals surface area contributed by atoms with Crippen LogP contribution in [-0.4, -0.2) is 49.5 Å². The molecule has 5 rings (SSSR count). The number of anilines is 2. The van der Waals surface area contributed by atoms with Gasteiger partial charge in [0.05, 0.1) is 12.9 Å². The minimum absolute atomic E-state index is 0.207. The van der Waals surface area contributed by atoms with Crippen LogP contribution >= 0.6 is 6.64 Å². The fourth-order valence-corrected chi connectivity index (χ4v) is 5.73. The van der Waals surface area contributed by atoms with Crippen molar-refractivity contribution in [1.29, 1.82) is 0 Å². The van der Waals surface area contributed by atoms with E-state index in [-0.39, 0.29) is 12.4 Å². The third kappa shape index (κ3) is 2.96. The highest BCUT2D eigenvalue weighted by Crippen LogP contribution is 2.55. The molecule has 0 amide bonds. The summed E-state index contributed by atoms with van der Waals surface area (Å²) in [5, 5.41) is 14.0. The molecule has 0 bridgehead atoms.